The van der Waals surface area contributed by atoms with E-state index >= 15 is 0 Å². The van der Waals surface area contributed by atoms with Gasteiger partial charge in [-0.1, -0.05) is 26.3 Å². The Bertz CT molecular complexity index is 150. The molecule has 0 aliphatic heterocycles. The SMILES string of the molecule is CC.CC(=O)C([NH-])CCC(=O)O.[V]. The largest absolute Gasteiger partial charge is 0.668 e. The number of Topliss-reactive ketones (excluding diaryl/α,β-unsaturated/α-hetero) is 1. The van der Waals surface area contributed by atoms with E-state index in [1.54, 1.807) is 0 Å². The number of carboxylic acid groups (broad SMARTS) is 1. The molecule has 77 valence electrons. The quantitative estimate of drug-likeness (QED) is 0.793. The van der Waals surface area contributed by atoms with Crippen LogP contribution in [0.3, 0.4) is 0 Å². The van der Waals surface area contributed by atoms with Gasteiger partial charge in [0.1, 0.15) is 5.78 Å². The van der Waals surface area contributed by atoms with Crippen molar-refractivity contribution in [3.05, 3.63) is 5.73 Å². The maximum Gasteiger partial charge on any atom is 0.303 e. The second-order valence-corrected chi connectivity index (χ2v) is 2.10. The zero-order valence-corrected chi connectivity index (χ0v) is 9.60. The van der Waals surface area contributed by atoms with Gasteiger partial charge in [-0.25, -0.2) is 0 Å². The number of nitrogens with one attached hydrogen (secondary N) is 1. The molecule has 0 aromatic carbocycles. The number of ketones is 1. The Morgan fingerprint density at radius 1 is 1.38 bits per heavy atom. The maximum absolute atomic E-state index is 10.4. The molecule has 13 heavy (non-hydrogen) atoms. The molecule has 0 aliphatic rings. The van der Waals surface area contributed by atoms with Crippen LogP contribution in [0.2, 0.25) is 0 Å². The smallest absolute Gasteiger partial charge is 0.303 e. The third kappa shape index (κ3) is 14.5. The fourth-order valence-electron chi connectivity index (χ4n) is 0.471. The fourth-order valence-corrected chi connectivity index (χ4v) is 0.471. The molecule has 0 heterocycles. The molecule has 1 atom stereocenters. The van der Waals surface area contributed by atoms with Gasteiger partial charge < -0.3 is 15.6 Å². The van der Waals surface area contributed by atoms with Crippen molar-refractivity contribution in [2.24, 2.45) is 0 Å². The number of aliphatic carboxylic acids is 1. The molecule has 0 fully saturated rings. The maximum atomic E-state index is 10.4. The standard InChI is InChI=1S/C6H10NO3.C2H6.V/c1-4(8)5(7)2-3-6(9)10;1-2;/h5,7H,2-3H2,1H3,(H,9,10);1-2H3;/q-1;;. The van der Waals surface area contributed by atoms with Gasteiger partial charge in [0.2, 0.25) is 0 Å². The van der Waals surface area contributed by atoms with Crippen LogP contribution >= 0.6 is 0 Å². The van der Waals surface area contributed by atoms with Crippen LogP contribution in [-0.4, -0.2) is 22.9 Å². The van der Waals surface area contributed by atoms with Crippen molar-refractivity contribution in [3.63, 3.8) is 0 Å². The van der Waals surface area contributed by atoms with Crippen LogP contribution in [0.5, 0.6) is 0 Å². The first-order chi connectivity index (χ1) is 5.54. The molecule has 0 bridgehead atoms. The van der Waals surface area contributed by atoms with Crippen molar-refractivity contribution in [2.45, 2.75) is 39.7 Å². The molecule has 2 N–H and O–H groups in total. The second-order valence-electron chi connectivity index (χ2n) is 2.10. The normalized spacial score (nSPS) is 10.2. The molecule has 0 saturated heterocycles. The molecule has 0 amide bonds. The summed E-state index contributed by atoms with van der Waals surface area (Å²) in [6, 6.07) is -0.865. The molecule has 0 aliphatic carbocycles. The van der Waals surface area contributed by atoms with E-state index in [9.17, 15) is 9.59 Å². The van der Waals surface area contributed by atoms with Gasteiger partial charge in [-0.05, 0) is 6.92 Å². The molecule has 1 unspecified atom stereocenters. The van der Waals surface area contributed by atoms with Crippen LogP contribution in [0, 0.1) is 0 Å². The predicted molar refractivity (Wildman–Crippen MR) is 47.0 cm³/mol. The number of carbonyl (C=O) groups excluding carboxylic acids is 1. The van der Waals surface area contributed by atoms with E-state index in [0.717, 1.165) is 0 Å². The topological polar surface area (TPSA) is 78.2 Å². The molecule has 0 aromatic rings. The second kappa shape index (κ2) is 11.7. The molecule has 0 aromatic heterocycles. The average Bonchev–Trinajstić information content (AvgIpc) is 2.03. The number of carboxylic acids is 1. The van der Waals surface area contributed by atoms with Crippen LogP contribution < -0.4 is 0 Å². The Kier molecular flexibility index (Phi) is 16.6. The molecule has 0 spiro atoms. The van der Waals surface area contributed by atoms with Crippen LogP contribution in [0.4, 0.5) is 0 Å². The minimum absolute atomic E-state index is 0. The number of carbonyl (C=O) groups is 2. The van der Waals surface area contributed by atoms with E-state index < -0.39 is 12.0 Å². The van der Waals surface area contributed by atoms with Crippen LogP contribution in [0.1, 0.15) is 33.6 Å². The molecule has 1 radical (unpaired) electrons. The van der Waals surface area contributed by atoms with Crippen molar-refractivity contribution >= 4 is 11.8 Å². The van der Waals surface area contributed by atoms with E-state index in [-0.39, 0.29) is 37.2 Å². The van der Waals surface area contributed by atoms with Gasteiger partial charge in [0, 0.05) is 25.0 Å². The van der Waals surface area contributed by atoms with Crippen molar-refractivity contribution in [3.8, 4) is 0 Å². The number of rotatable bonds is 4. The first-order valence-corrected chi connectivity index (χ1v) is 3.97. The average molecular weight is 225 g/mol. The predicted octanol–water partition coefficient (Wildman–Crippen LogP) is 1.88. The van der Waals surface area contributed by atoms with Gasteiger partial charge >= 0.3 is 5.97 Å². The van der Waals surface area contributed by atoms with Crippen molar-refractivity contribution in [1.29, 1.82) is 0 Å². The monoisotopic (exact) mass is 225 g/mol. The molecule has 0 saturated carbocycles. The third-order valence-corrected chi connectivity index (χ3v) is 1.14. The van der Waals surface area contributed by atoms with E-state index in [4.69, 9.17) is 10.8 Å². The van der Waals surface area contributed by atoms with Gasteiger partial charge in [-0.2, -0.15) is 0 Å². The van der Waals surface area contributed by atoms with Crippen LogP contribution in [0.15, 0.2) is 0 Å². The minimum atomic E-state index is -0.960. The zero-order chi connectivity index (χ0) is 10.1. The zero-order valence-electron chi connectivity index (χ0n) is 8.20. The summed E-state index contributed by atoms with van der Waals surface area (Å²) in [6.45, 7) is 5.29. The summed E-state index contributed by atoms with van der Waals surface area (Å²) in [6.07, 6.45) is 0.0123. The Balaban J connectivity index is -0.000000309. The Morgan fingerprint density at radius 2 is 1.77 bits per heavy atom. The van der Waals surface area contributed by atoms with Gasteiger partial charge in [0.15, 0.2) is 0 Å². The van der Waals surface area contributed by atoms with Gasteiger partial charge in [-0.15, -0.1) is 0 Å². The minimum Gasteiger partial charge on any atom is -0.668 e. The van der Waals surface area contributed by atoms with Crippen molar-refractivity contribution in [1.82, 2.24) is 0 Å². The van der Waals surface area contributed by atoms with Gasteiger partial charge in [0.05, 0.1) is 0 Å². The van der Waals surface area contributed by atoms with Crippen molar-refractivity contribution < 1.29 is 33.3 Å². The van der Waals surface area contributed by atoms with E-state index in [1.807, 2.05) is 13.8 Å². The summed E-state index contributed by atoms with van der Waals surface area (Å²) in [5.74, 6) is -1.24. The summed E-state index contributed by atoms with van der Waals surface area (Å²) in [5, 5.41) is 8.15. The molecular formula is C8H16NO3V-. The molecule has 0 rings (SSSR count). The molecular weight excluding hydrogens is 209 g/mol. The van der Waals surface area contributed by atoms with Crippen molar-refractivity contribution in [2.75, 3.05) is 0 Å². The first kappa shape index (κ1) is 18.5. The fraction of sp³-hybridized carbons (Fsp3) is 0.750. The number of hydrogen-bond donors (Lipinski definition) is 1. The Labute approximate surface area is 90.8 Å². The Morgan fingerprint density at radius 3 is 2.00 bits per heavy atom. The van der Waals surface area contributed by atoms with Crippen LogP contribution in [-0.2, 0) is 28.1 Å². The van der Waals surface area contributed by atoms with Crippen LogP contribution in [0.25, 0.3) is 5.73 Å². The number of hydrogen-bond acceptors (Lipinski definition) is 2. The summed E-state index contributed by atoms with van der Waals surface area (Å²) >= 11 is 0. The van der Waals surface area contributed by atoms with E-state index in [1.165, 1.54) is 6.92 Å². The Hall–Kier alpha value is -0.316. The summed E-state index contributed by atoms with van der Waals surface area (Å²) < 4.78 is 0. The third-order valence-electron chi connectivity index (χ3n) is 1.14. The summed E-state index contributed by atoms with van der Waals surface area (Å²) in [5.41, 5.74) is 7.01. The summed E-state index contributed by atoms with van der Waals surface area (Å²) in [4.78, 5) is 20.3. The summed E-state index contributed by atoms with van der Waals surface area (Å²) in [7, 11) is 0. The molecule has 4 nitrogen and oxygen atoms in total. The first-order valence-electron chi connectivity index (χ1n) is 3.97. The van der Waals surface area contributed by atoms with Gasteiger partial charge in [-0.3, -0.25) is 4.79 Å². The molecule has 5 heteroatoms. The van der Waals surface area contributed by atoms with Gasteiger partial charge in [0.25, 0.3) is 0 Å². The van der Waals surface area contributed by atoms with E-state index in [2.05, 4.69) is 0 Å². The van der Waals surface area contributed by atoms with E-state index in [0.29, 0.717) is 0 Å².